The Morgan fingerprint density at radius 1 is 0.696 bits per heavy atom. The number of aromatic amines is 3. The Labute approximate surface area is 318 Å². The van der Waals surface area contributed by atoms with Crippen LogP contribution in [0.15, 0.2) is 79.7 Å². The third-order valence-electron chi connectivity index (χ3n) is 7.81. The van der Waals surface area contributed by atoms with Crippen molar-refractivity contribution in [2.24, 2.45) is 0 Å². The lowest BCUT2D eigenvalue weighted by molar-refractivity contribution is -0.710. The second-order valence-corrected chi connectivity index (χ2v) is 11.5. The van der Waals surface area contributed by atoms with Gasteiger partial charge in [-0.1, -0.05) is 0 Å². The Kier molecular flexibility index (Phi) is 15.5. The molecule has 0 saturated carbocycles. The smallest absolute Gasteiger partial charge is 0.385 e. The molecule has 56 heavy (non-hydrogen) atoms. The first-order valence-corrected chi connectivity index (χ1v) is 17.4. The van der Waals surface area contributed by atoms with Crippen LogP contribution in [-0.2, 0) is 32.7 Å². The number of aryl methyl sites for hydroxylation is 6. The zero-order valence-electron chi connectivity index (χ0n) is 32.1. The normalized spacial score (nSPS) is 10.2. The Morgan fingerprint density at radius 3 is 1.95 bits per heavy atom. The van der Waals surface area contributed by atoms with Crippen molar-refractivity contribution in [3.05, 3.63) is 113 Å². The average Bonchev–Trinajstić information content (AvgIpc) is 3.79. The van der Waals surface area contributed by atoms with Crippen molar-refractivity contribution >= 4 is 45.5 Å². The van der Waals surface area contributed by atoms with Crippen molar-refractivity contribution in [1.82, 2.24) is 58.1 Å². The van der Waals surface area contributed by atoms with E-state index in [-0.39, 0.29) is 34.0 Å². The van der Waals surface area contributed by atoms with Crippen LogP contribution in [0.25, 0.3) is 22.2 Å². The minimum Gasteiger partial charge on any atom is -0.385 e. The molecule has 11 N–H and O–H groups in total. The van der Waals surface area contributed by atoms with Gasteiger partial charge in [0.2, 0.25) is 0 Å². The van der Waals surface area contributed by atoms with Crippen LogP contribution >= 0.6 is 0 Å². The average molecular weight is 775 g/mol. The quantitative estimate of drug-likeness (QED) is 0.111. The zero-order chi connectivity index (χ0) is 41.5. The molecule has 22 heteroatoms. The van der Waals surface area contributed by atoms with Gasteiger partial charge in [-0.15, -0.1) is 0 Å². The van der Waals surface area contributed by atoms with Gasteiger partial charge >= 0.3 is 17.1 Å². The van der Waals surface area contributed by atoms with Gasteiger partial charge in [0.05, 0.1) is 30.9 Å². The van der Waals surface area contributed by atoms with E-state index in [1.165, 1.54) is 20.0 Å². The molecule has 7 heterocycles. The van der Waals surface area contributed by atoms with E-state index in [2.05, 4.69) is 39.9 Å². The Bertz CT molecular complexity index is 2610. The number of rotatable bonds is 5. The predicted octanol–water partition coefficient (Wildman–Crippen LogP) is -0.270. The highest BCUT2D eigenvalue weighted by atomic mass is 16.2. The minimum atomic E-state index is -0.344. The highest BCUT2D eigenvalue weighted by molar-refractivity contribution is 5.81. The number of imidazole rings is 2. The lowest BCUT2D eigenvalue weighted by Gasteiger charge is -1.99. The van der Waals surface area contributed by atoms with Crippen molar-refractivity contribution in [3.63, 3.8) is 0 Å². The van der Waals surface area contributed by atoms with E-state index in [0.29, 0.717) is 53.7 Å². The van der Waals surface area contributed by atoms with Crippen molar-refractivity contribution in [2.75, 3.05) is 22.9 Å². The maximum atomic E-state index is 11.3. The Balaban J connectivity index is 0.000000189. The number of nitrogens with zero attached hydrogens (tertiary/aromatic N) is 10. The van der Waals surface area contributed by atoms with Gasteiger partial charge in [-0.05, 0) is 47.6 Å². The summed E-state index contributed by atoms with van der Waals surface area (Å²) < 4.78 is 8.28. The Hall–Kier alpha value is -7.39. The number of nitrogen functional groups attached to an aromatic ring is 4. The van der Waals surface area contributed by atoms with Crippen molar-refractivity contribution < 1.29 is 4.57 Å². The number of nitrogens with two attached hydrogens (primary N) is 4. The minimum absolute atomic E-state index is 0.164. The van der Waals surface area contributed by atoms with E-state index in [0.717, 1.165) is 24.3 Å². The van der Waals surface area contributed by atoms with E-state index in [4.69, 9.17) is 22.9 Å². The van der Waals surface area contributed by atoms with E-state index < -0.39 is 0 Å². The van der Waals surface area contributed by atoms with Gasteiger partial charge in [-0.25, -0.2) is 29.5 Å². The molecule has 0 aliphatic heterocycles. The van der Waals surface area contributed by atoms with Crippen LogP contribution in [0.1, 0.15) is 40.2 Å². The van der Waals surface area contributed by atoms with Gasteiger partial charge in [-0.3, -0.25) is 19.1 Å². The summed E-state index contributed by atoms with van der Waals surface area (Å²) in [6.07, 6.45) is 9.65. The van der Waals surface area contributed by atoms with Crippen molar-refractivity contribution in [1.29, 1.82) is 0 Å². The second kappa shape index (κ2) is 20.2. The number of anilines is 4. The molecule has 0 radical (unpaired) electrons. The van der Waals surface area contributed by atoms with Crippen LogP contribution in [0.4, 0.5) is 23.3 Å². The van der Waals surface area contributed by atoms with Crippen LogP contribution in [0.3, 0.4) is 0 Å². The van der Waals surface area contributed by atoms with Gasteiger partial charge in [0.15, 0.2) is 22.8 Å². The number of nitrogens with one attached hydrogen (secondary N) is 3. The SMILES string of the molecule is CC[n+]1ccc(N)[nH]c1=O.CCn1cc(C)c(=O)[nH]c1=O.CCn1ccc(N)nc1=O.CCn1cnc2c(=O)[nH]c(N)cc21.CCn1cnc2c(N)ncnc21. The molecule has 0 amide bonds. The molecule has 0 unspecified atom stereocenters. The zero-order valence-corrected chi connectivity index (χ0v) is 32.1. The van der Waals surface area contributed by atoms with Gasteiger partial charge in [-0.2, -0.15) is 19.3 Å². The summed E-state index contributed by atoms with van der Waals surface area (Å²) in [6.45, 7) is 14.8. The van der Waals surface area contributed by atoms with Crippen LogP contribution in [-0.4, -0.2) is 58.1 Å². The molecule has 0 atom stereocenters. The van der Waals surface area contributed by atoms with E-state index >= 15 is 0 Å². The molecule has 0 fully saturated rings. The van der Waals surface area contributed by atoms with E-state index in [9.17, 15) is 24.0 Å². The molecule has 22 nitrogen and oxygen atoms in total. The fraction of sp³-hybridized carbons (Fsp3) is 0.324. The van der Waals surface area contributed by atoms with Crippen molar-refractivity contribution in [3.8, 4) is 0 Å². The third-order valence-corrected chi connectivity index (χ3v) is 7.81. The third kappa shape index (κ3) is 11.3. The lowest BCUT2D eigenvalue weighted by atomic mass is 10.4. The number of fused-ring (bicyclic) bond motifs is 2. The van der Waals surface area contributed by atoms with Gasteiger partial charge < -0.3 is 41.6 Å². The molecule has 0 aromatic carbocycles. The summed E-state index contributed by atoms with van der Waals surface area (Å²) in [5, 5.41) is 0. The summed E-state index contributed by atoms with van der Waals surface area (Å²) in [5.74, 6) is 1.48. The number of hydrogen-bond acceptors (Lipinski definition) is 14. The highest BCUT2D eigenvalue weighted by Crippen LogP contribution is 2.13. The largest absolute Gasteiger partial charge is 0.497 e. The molecule has 7 aromatic heterocycles. The van der Waals surface area contributed by atoms with Crippen LogP contribution < -0.4 is 55.7 Å². The summed E-state index contributed by atoms with van der Waals surface area (Å²) in [5.41, 5.74) is 23.6. The van der Waals surface area contributed by atoms with Crippen LogP contribution in [0, 0.1) is 6.92 Å². The molecule has 0 bridgehead atoms. The van der Waals surface area contributed by atoms with Crippen LogP contribution in [0.2, 0.25) is 0 Å². The second-order valence-electron chi connectivity index (χ2n) is 11.5. The maximum absolute atomic E-state index is 11.3. The standard InChI is InChI=1S/C8H10N4O.C7H9N5.C7H10N2O2.2C6H9N3O/c1-2-12-4-10-7-5(12)3-6(9)11-8(7)13;1-2-12-4-11-5-6(8)9-3-10-7(5)12;1-3-9-4-5(2)6(10)8-7(9)11;2*1-2-9-4-3-5(7)8-6(9)10/h3-4H,2H2,1H3,(H3,9,11,13);3-4H,2H2,1H3,(H2,8,9,10);4H,3H2,1-2H3,(H,8,10,11);2*3-4H,2H2,1H3,(H2,7,8,10)/p+1. The summed E-state index contributed by atoms with van der Waals surface area (Å²) in [4.78, 5) is 81.6. The van der Waals surface area contributed by atoms with Gasteiger partial charge in [0, 0.05) is 56.3 Å². The van der Waals surface area contributed by atoms with Gasteiger partial charge in [0.1, 0.15) is 23.5 Å². The first-order chi connectivity index (χ1) is 26.7. The molecule has 7 aromatic rings. The molecule has 298 valence electrons. The van der Waals surface area contributed by atoms with E-state index in [1.807, 2.05) is 43.8 Å². The molecule has 0 aliphatic rings. The first-order valence-electron chi connectivity index (χ1n) is 17.4. The fourth-order valence-electron chi connectivity index (χ4n) is 4.73. The molecular weight excluding hydrogens is 726 g/mol. The highest BCUT2D eigenvalue weighted by Gasteiger charge is 2.06. The van der Waals surface area contributed by atoms with Gasteiger partial charge in [0.25, 0.3) is 11.1 Å². The monoisotopic (exact) mass is 774 g/mol. The molecule has 0 aliphatic carbocycles. The summed E-state index contributed by atoms with van der Waals surface area (Å²) in [7, 11) is 0. The molecule has 0 saturated heterocycles. The lowest BCUT2D eigenvalue weighted by Crippen LogP contribution is -2.50. The number of pyridine rings is 1. The molecule has 0 spiro atoms. The summed E-state index contributed by atoms with van der Waals surface area (Å²) >= 11 is 0. The fourth-order valence-corrected chi connectivity index (χ4v) is 4.73. The maximum Gasteiger partial charge on any atom is 0.497 e. The Morgan fingerprint density at radius 2 is 1.34 bits per heavy atom. The topological polar surface area (TPSA) is 325 Å². The van der Waals surface area contributed by atoms with Crippen LogP contribution in [0.5, 0.6) is 0 Å². The first kappa shape index (κ1) is 43.0. The molecule has 7 rings (SSSR count). The predicted molar refractivity (Wildman–Crippen MR) is 214 cm³/mol. The number of aromatic nitrogens is 13. The number of hydrogen-bond donors (Lipinski definition) is 7. The number of H-pyrrole nitrogens is 3. The molecular formula is C34H48N17O5+. The van der Waals surface area contributed by atoms with Crippen molar-refractivity contribution in [2.45, 2.75) is 74.3 Å². The van der Waals surface area contributed by atoms with E-state index in [1.54, 1.807) is 56.4 Å². The summed E-state index contributed by atoms with van der Waals surface area (Å²) in [6, 6.07) is 4.98.